The maximum atomic E-state index is 14.0. The molecule has 0 saturated heterocycles. The van der Waals surface area contributed by atoms with E-state index < -0.39 is 6.04 Å². The fourth-order valence-corrected chi connectivity index (χ4v) is 4.75. The normalized spacial score (nSPS) is 12.7. The molecule has 0 aliphatic rings. The van der Waals surface area contributed by atoms with Gasteiger partial charge in [0.25, 0.3) is 0 Å². The third-order valence-corrected chi connectivity index (χ3v) is 7.11. The monoisotopic (exact) mass is 524 g/mol. The summed E-state index contributed by atoms with van der Waals surface area (Å²) in [6.07, 6.45) is 1.52. The topological polar surface area (TPSA) is 49.4 Å². The van der Waals surface area contributed by atoms with Crippen molar-refractivity contribution < 1.29 is 9.59 Å². The molecule has 3 aromatic rings. The molecule has 4 nitrogen and oxygen atoms in total. The Morgan fingerprint density at radius 1 is 0.861 bits per heavy atom. The molecule has 36 heavy (non-hydrogen) atoms. The van der Waals surface area contributed by atoms with E-state index in [4.69, 9.17) is 23.2 Å². The van der Waals surface area contributed by atoms with Crippen molar-refractivity contribution in [3.63, 3.8) is 0 Å². The molecule has 0 fully saturated rings. The van der Waals surface area contributed by atoms with Crippen molar-refractivity contribution in [1.82, 2.24) is 10.2 Å². The highest BCUT2D eigenvalue weighted by Crippen LogP contribution is 2.30. The van der Waals surface area contributed by atoms with Gasteiger partial charge in [-0.25, -0.2) is 0 Å². The molecular weight excluding hydrogens is 491 g/mol. The minimum atomic E-state index is -0.620. The number of benzene rings is 3. The zero-order chi connectivity index (χ0) is 26.1. The Labute approximate surface area is 224 Å². The van der Waals surface area contributed by atoms with E-state index in [2.05, 4.69) is 5.32 Å². The van der Waals surface area contributed by atoms with E-state index in [1.54, 1.807) is 17.0 Å². The molecule has 0 heterocycles. The fraction of sp³-hybridized carbons (Fsp3) is 0.333. The largest absolute Gasteiger partial charge is 0.352 e. The van der Waals surface area contributed by atoms with Crippen molar-refractivity contribution in [1.29, 1.82) is 0 Å². The summed E-state index contributed by atoms with van der Waals surface area (Å²) < 4.78 is 0. The third-order valence-electron chi connectivity index (χ3n) is 6.53. The average molecular weight is 526 g/mol. The highest BCUT2D eigenvalue weighted by molar-refractivity contribution is 6.35. The number of amides is 2. The van der Waals surface area contributed by atoms with E-state index in [0.717, 1.165) is 23.1 Å². The highest BCUT2D eigenvalue weighted by atomic mass is 35.5. The Balaban J connectivity index is 1.98. The van der Waals surface area contributed by atoms with Gasteiger partial charge in [0.1, 0.15) is 6.04 Å². The van der Waals surface area contributed by atoms with Gasteiger partial charge >= 0.3 is 0 Å². The van der Waals surface area contributed by atoms with Gasteiger partial charge in [-0.2, -0.15) is 0 Å². The molecule has 0 spiro atoms. The lowest BCUT2D eigenvalue weighted by molar-refractivity contribution is -0.141. The van der Waals surface area contributed by atoms with E-state index in [1.807, 2.05) is 87.5 Å². The second-order valence-corrected chi connectivity index (χ2v) is 9.92. The van der Waals surface area contributed by atoms with Crippen LogP contribution in [0.5, 0.6) is 0 Å². The van der Waals surface area contributed by atoms with Gasteiger partial charge in [-0.3, -0.25) is 9.59 Å². The number of hydrogen-bond donors (Lipinski definition) is 1. The Bertz CT molecular complexity index is 1100. The van der Waals surface area contributed by atoms with Crippen LogP contribution in [-0.2, 0) is 16.1 Å². The van der Waals surface area contributed by atoms with Crippen LogP contribution in [0.15, 0.2) is 78.9 Å². The smallest absolute Gasteiger partial charge is 0.243 e. The molecule has 0 saturated carbocycles. The second kappa shape index (κ2) is 13.5. The van der Waals surface area contributed by atoms with E-state index in [1.165, 1.54) is 0 Å². The SMILES string of the molecule is CCC(C)NC(=O)C(CC)N(Cc1ccc(Cl)cc1Cl)C(=O)CC(c1ccccc1)c1ccccc1. The average Bonchev–Trinajstić information content (AvgIpc) is 2.89. The maximum absolute atomic E-state index is 14.0. The number of nitrogens with one attached hydrogen (secondary N) is 1. The van der Waals surface area contributed by atoms with Crippen molar-refractivity contribution in [2.75, 3.05) is 0 Å². The highest BCUT2D eigenvalue weighted by Gasteiger charge is 2.31. The van der Waals surface area contributed by atoms with Crippen LogP contribution in [0.2, 0.25) is 10.0 Å². The van der Waals surface area contributed by atoms with Crippen molar-refractivity contribution in [3.8, 4) is 0 Å². The molecule has 2 atom stereocenters. The lowest BCUT2D eigenvalue weighted by Gasteiger charge is -2.33. The zero-order valence-electron chi connectivity index (χ0n) is 21.1. The number of hydrogen-bond acceptors (Lipinski definition) is 2. The molecule has 6 heteroatoms. The third kappa shape index (κ3) is 7.35. The predicted octanol–water partition coefficient (Wildman–Crippen LogP) is 7.24. The van der Waals surface area contributed by atoms with Crippen LogP contribution in [0.4, 0.5) is 0 Å². The molecule has 3 rings (SSSR count). The van der Waals surface area contributed by atoms with Crippen molar-refractivity contribution in [2.45, 2.75) is 64.6 Å². The van der Waals surface area contributed by atoms with Crippen LogP contribution in [0.1, 0.15) is 62.6 Å². The molecule has 2 amide bonds. The number of halogens is 2. The molecule has 190 valence electrons. The molecule has 0 bridgehead atoms. The molecular formula is C30H34Cl2N2O2. The summed E-state index contributed by atoms with van der Waals surface area (Å²) in [5.74, 6) is -0.399. The summed E-state index contributed by atoms with van der Waals surface area (Å²) >= 11 is 12.6. The predicted molar refractivity (Wildman–Crippen MR) is 148 cm³/mol. The van der Waals surface area contributed by atoms with Crippen LogP contribution >= 0.6 is 23.2 Å². The van der Waals surface area contributed by atoms with Gasteiger partial charge in [-0.15, -0.1) is 0 Å². The quantitative estimate of drug-likeness (QED) is 0.287. The van der Waals surface area contributed by atoms with Gasteiger partial charge in [-0.05, 0) is 48.6 Å². The summed E-state index contributed by atoms with van der Waals surface area (Å²) in [5, 5.41) is 4.05. The van der Waals surface area contributed by atoms with Gasteiger partial charge in [0, 0.05) is 35.0 Å². The number of carbonyl (C=O) groups excluding carboxylic acids is 2. The van der Waals surface area contributed by atoms with Crippen LogP contribution in [0, 0.1) is 0 Å². The summed E-state index contributed by atoms with van der Waals surface area (Å²) in [5.41, 5.74) is 2.86. The number of carbonyl (C=O) groups is 2. The first-order valence-corrected chi connectivity index (χ1v) is 13.2. The van der Waals surface area contributed by atoms with Gasteiger partial charge in [0.15, 0.2) is 0 Å². The summed E-state index contributed by atoms with van der Waals surface area (Å²) in [7, 11) is 0. The van der Waals surface area contributed by atoms with Crippen molar-refractivity contribution in [2.24, 2.45) is 0 Å². The lowest BCUT2D eigenvalue weighted by Crippen LogP contribution is -2.51. The van der Waals surface area contributed by atoms with Crippen LogP contribution in [0.25, 0.3) is 0 Å². The lowest BCUT2D eigenvalue weighted by atomic mass is 9.88. The van der Waals surface area contributed by atoms with Gasteiger partial charge in [0.05, 0.1) is 0 Å². The summed E-state index contributed by atoms with van der Waals surface area (Å²) in [4.78, 5) is 29.0. The second-order valence-electron chi connectivity index (χ2n) is 9.08. The molecule has 2 unspecified atom stereocenters. The van der Waals surface area contributed by atoms with E-state index in [9.17, 15) is 9.59 Å². The first-order valence-electron chi connectivity index (χ1n) is 12.5. The van der Waals surface area contributed by atoms with Crippen molar-refractivity contribution >= 4 is 35.0 Å². The van der Waals surface area contributed by atoms with Crippen LogP contribution in [0.3, 0.4) is 0 Å². The Kier molecular flexibility index (Phi) is 10.4. The number of rotatable bonds is 11. The van der Waals surface area contributed by atoms with E-state index in [-0.39, 0.29) is 36.7 Å². The zero-order valence-corrected chi connectivity index (χ0v) is 22.6. The molecule has 3 aromatic carbocycles. The minimum Gasteiger partial charge on any atom is -0.352 e. The molecule has 0 aromatic heterocycles. The van der Waals surface area contributed by atoms with Gasteiger partial charge in [-0.1, -0.05) is 104 Å². The Hall–Kier alpha value is -2.82. The van der Waals surface area contributed by atoms with Gasteiger partial charge < -0.3 is 10.2 Å². The number of nitrogens with zero attached hydrogens (tertiary/aromatic N) is 1. The molecule has 0 aliphatic carbocycles. The Morgan fingerprint density at radius 2 is 1.44 bits per heavy atom. The molecule has 1 N–H and O–H groups in total. The van der Waals surface area contributed by atoms with Crippen molar-refractivity contribution in [3.05, 3.63) is 106 Å². The Morgan fingerprint density at radius 3 is 1.94 bits per heavy atom. The fourth-order valence-electron chi connectivity index (χ4n) is 4.28. The maximum Gasteiger partial charge on any atom is 0.243 e. The van der Waals surface area contributed by atoms with E-state index in [0.29, 0.717) is 16.5 Å². The first kappa shape index (κ1) is 27.8. The minimum absolute atomic E-state index is 0.0176. The summed E-state index contributed by atoms with van der Waals surface area (Å²) in [6.45, 7) is 6.13. The van der Waals surface area contributed by atoms with Crippen LogP contribution in [-0.4, -0.2) is 28.8 Å². The molecule has 0 aliphatic heterocycles. The first-order chi connectivity index (χ1) is 17.3. The summed E-state index contributed by atoms with van der Waals surface area (Å²) in [6, 6.07) is 24.7. The molecule has 0 radical (unpaired) electrons. The standard InChI is InChI=1S/C30H34Cl2N2O2/c1-4-21(3)33-30(36)28(5-2)34(20-24-16-17-25(31)18-27(24)32)29(35)19-26(22-12-8-6-9-13-22)23-14-10-7-11-15-23/h6-18,21,26,28H,4-5,19-20H2,1-3H3,(H,33,36). The van der Waals surface area contributed by atoms with E-state index >= 15 is 0 Å². The van der Waals surface area contributed by atoms with Gasteiger partial charge in [0.2, 0.25) is 11.8 Å². The van der Waals surface area contributed by atoms with Crippen LogP contribution < -0.4 is 5.32 Å².